The molecule has 0 unspecified atom stereocenters. The van der Waals surface area contributed by atoms with Crippen molar-refractivity contribution in [2.45, 2.75) is 19.8 Å². The molecule has 104 valence electrons. The number of rotatable bonds is 5. The van der Waals surface area contributed by atoms with Gasteiger partial charge in [-0.3, -0.25) is 4.79 Å². The highest BCUT2D eigenvalue weighted by atomic mass is 19.1. The first kappa shape index (κ1) is 14.3. The van der Waals surface area contributed by atoms with Crippen LogP contribution in [0.2, 0.25) is 0 Å². The van der Waals surface area contributed by atoms with Crippen molar-refractivity contribution in [1.29, 1.82) is 0 Å². The number of methoxy groups -OCH3 is 1. The highest BCUT2D eigenvalue weighted by Gasteiger charge is 2.13. The SMILES string of the molecule is CCc1ccc(CC(=O)c2ccc(OC)cc2F)cc1. The fourth-order valence-corrected chi connectivity index (χ4v) is 2.02. The Balaban J connectivity index is 2.14. The Kier molecular flexibility index (Phi) is 4.51. The first-order valence-electron chi connectivity index (χ1n) is 6.58. The number of ketones is 1. The van der Waals surface area contributed by atoms with Crippen molar-refractivity contribution in [3.05, 3.63) is 65.0 Å². The van der Waals surface area contributed by atoms with E-state index in [1.165, 1.54) is 24.8 Å². The monoisotopic (exact) mass is 272 g/mol. The second-order valence-electron chi connectivity index (χ2n) is 4.62. The van der Waals surface area contributed by atoms with Gasteiger partial charge in [0.25, 0.3) is 0 Å². The minimum Gasteiger partial charge on any atom is -0.497 e. The molecule has 0 aliphatic rings. The van der Waals surface area contributed by atoms with Gasteiger partial charge in [-0.1, -0.05) is 31.2 Å². The summed E-state index contributed by atoms with van der Waals surface area (Å²) in [7, 11) is 1.46. The summed E-state index contributed by atoms with van der Waals surface area (Å²) in [5.41, 5.74) is 2.21. The largest absolute Gasteiger partial charge is 0.497 e. The van der Waals surface area contributed by atoms with Crippen molar-refractivity contribution in [1.82, 2.24) is 0 Å². The number of hydrogen-bond acceptors (Lipinski definition) is 2. The fourth-order valence-electron chi connectivity index (χ4n) is 2.02. The molecule has 0 radical (unpaired) electrons. The van der Waals surface area contributed by atoms with Gasteiger partial charge >= 0.3 is 0 Å². The Bertz CT molecular complexity index is 603. The van der Waals surface area contributed by atoms with E-state index in [4.69, 9.17) is 4.74 Å². The van der Waals surface area contributed by atoms with Gasteiger partial charge in [0.15, 0.2) is 5.78 Å². The van der Waals surface area contributed by atoms with Crippen molar-refractivity contribution < 1.29 is 13.9 Å². The second kappa shape index (κ2) is 6.33. The summed E-state index contributed by atoms with van der Waals surface area (Å²) in [6, 6.07) is 12.1. The summed E-state index contributed by atoms with van der Waals surface area (Å²) < 4.78 is 18.7. The minimum atomic E-state index is -0.542. The van der Waals surface area contributed by atoms with Crippen LogP contribution in [0.25, 0.3) is 0 Å². The fraction of sp³-hybridized carbons (Fsp3) is 0.235. The van der Waals surface area contributed by atoms with Crippen molar-refractivity contribution >= 4 is 5.78 Å². The van der Waals surface area contributed by atoms with Crippen LogP contribution in [0.1, 0.15) is 28.4 Å². The molecule has 2 nitrogen and oxygen atoms in total. The van der Waals surface area contributed by atoms with Crippen molar-refractivity contribution in [3.8, 4) is 5.75 Å². The van der Waals surface area contributed by atoms with Gasteiger partial charge in [0, 0.05) is 12.5 Å². The Morgan fingerprint density at radius 3 is 2.30 bits per heavy atom. The number of Topliss-reactive ketones (excluding diaryl/α,β-unsaturated/α-hetero) is 1. The maximum atomic E-state index is 13.8. The number of carbonyl (C=O) groups is 1. The van der Waals surface area contributed by atoms with E-state index in [0.29, 0.717) is 5.75 Å². The van der Waals surface area contributed by atoms with Crippen LogP contribution in [0.4, 0.5) is 4.39 Å². The molecule has 0 saturated heterocycles. The van der Waals surface area contributed by atoms with Crippen LogP contribution in [0.3, 0.4) is 0 Å². The quantitative estimate of drug-likeness (QED) is 0.773. The zero-order valence-electron chi connectivity index (χ0n) is 11.7. The van der Waals surface area contributed by atoms with Crippen molar-refractivity contribution in [2.75, 3.05) is 7.11 Å². The van der Waals surface area contributed by atoms with Crippen LogP contribution in [0.5, 0.6) is 5.75 Å². The van der Waals surface area contributed by atoms with E-state index in [-0.39, 0.29) is 17.8 Å². The summed E-state index contributed by atoms with van der Waals surface area (Å²) in [4.78, 5) is 12.1. The maximum Gasteiger partial charge on any atom is 0.170 e. The van der Waals surface area contributed by atoms with E-state index < -0.39 is 5.82 Å². The van der Waals surface area contributed by atoms with Crippen LogP contribution in [-0.4, -0.2) is 12.9 Å². The molecule has 0 atom stereocenters. The van der Waals surface area contributed by atoms with Gasteiger partial charge in [0.1, 0.15) is 11.6 Å². The van der Waals surface area contributed by atoms with Crippen LogP contribution in [0, 0.1) is 5.82 Å². The molecule has 0 saturated carbocycles. The summed E-state index contributed by atoms with van der Waals surface area (Å²) in [5.74, 6) is -0.361. The molecule has 2 rings (SSSR count). The second-order valence-corrected chi connectivity index (χ2v) is 4.62. The van der Waals surface area contributed by atoms with Crippen molar-refractivity contribution in [2.24, 2.45) is 0 Å². The highest BCUT2D eigenvalue weighted by Crippen LogP contribution is 2.18. The summed E-state index contributed by atoms with van der Waals surface area (Å²) >= 11 is 0. The van der Waals surface area contributed by atoms with Gasteiger partial charge in [-0.2, -0.15) is 0 Å². The lowest BCUT2D eigenvalue weighted by atomic mass is 10.0. The lowest BCUT2D eigenvalue weighted by Gasteiger charge is -2.06. The van der Waals surface area contributed by atoms with E-state index >= 15 is 0 Å². The number of ether oxygens (including phenoxy) is 1. The Morgan fingerprint density at radius 2 is 1.75 bits per heavy atom. The van der Waals surface area contributed by atoms with Gasteiger partial charge < -0.3 is 4.74 Å². The van der Waals surface area contributed by atoms with Crippen LogP contribution < -0.4 is 4.74 Å². The topological polar surface area (TPSA) is 26.3 Å². The predicted octanol–water partition coefficient (Wildman–Crippen LogP) is 3.82. The average molecular weight is 272 g/mol. The smallest absolute Gasteiger partial charge is 0.170 e. The van der Waals surface area contributed by atoms with Gasteiger partial charge in [0.2, 0.25) is 0 Å². The molecule has 2 aromatic carbocycles. The third-order valence-corrected chi connectivity index (χ3v) is 3.27. The molecule has 3 heteroatoms. The molecular formula is C17H17FO2. The Morgan fingerprint density at radius 1 is 1.10 bits per heavy atom. The lowest BCUT2D eigenvalue weighted by molar-refractivity contribution is 0.0989. The van der Waals surface area contributed by atoms with Crippen LogP contribution in [0.15, 0.2) is 42.5 Å². The lowest BCUT2D eigenvalue weighted by Crippen LogP contribution is -2.06. The first-order chi connectivity index (χ1) is 9.63. The molecule has 0 aliphatic heterocycles. The molecular weight excluding hydrogens is 255 g/mol. The molecule has 0 aliphatic carbocycles. The number of carbonyl (C=O) groups excluding carboxylic acids is 1. The summed E-state index contributed by atoms with van der Waals surface area (Å²) in [6.45, 7) is 2.08. The third-order valence-electron chi connectivity index (χ3n) is 3.27. The van der Waals surface area contributed by atoms with Gasteiger partial charge in [0.05, 0.1) is 12.7 Å². The van der Waals surface area contributed by atoms with Crippen molar-refractivity contribution in [3.63, 3.8) is 0 Å². The molecule has 0 heterocycles. The number of hydrogen-bond donors (Lipinski definition) is 0. The number of benzene rings is 2. The Labute approximate surface area is 118 Å². The minimum absolute atomic E-state index is 0.102. The molecule has 0 amide bonds. The molecule has 0 N–H and O–H groups in total. The highest BCUT2D eigenvalue weighted by molar-refractivity contribution is 5.97. The zero-order chi connectivity index (χ0) is 14.5. The van der Waals surface area contributed by atoms with Gasteiger partial charge in [-0.15, -0.1) is 0 Å². The maximum absolute atomic E-state index is 13.8. The van der Waals surface area contributed by atoms with Crippen LogP contribution >= 0.6 is 0 Å². The van der Waals surface area contributed by atoms with Gasteiger partial charge in [-0.05, 0) is 29.7 Å². The normalized spacial score (nSPS) is 10.3. The molecule has 0 spiro atoms. The van der Waals surface area contributed by atoms with E-state index in [2.05, 4.69) is 6.92 Å². The average Bonchev–Trinajstić information content (AvgIpc) is 2.47. The van der Waals surface area contributed by atoms with Crippen LogP contribution in [-0.2, 0) is 12.8 Å². The number of aryl methyl sites for hydroxylation is 1. The standard InChI is InChI=1S/C17H17FO2/c1-3-12-4-6-13(7-5-12)10-17(19)15-9-8-14(20-2)11-16(15)18/h4-9,11H,3,10H2,1-2H3. The molecule has 0 fully saturated rings. The van der Waals surface area contributed by atoms with E-state index in [9.17, 15) is 9.18 Å². The molecule has 20 heavy (non-hydrogen) atoms. The Hall–Kier alpha value is -2.16. The summed E-state index contributed by atoms with van der Waals surface area (Å²) in [5, 5.41) is 0. The molecule has 0 bridgehead atoms. The first-order valence-corrected chi connectivity index (χ1v) is 6.58. The zero-order valence-corrected chi connectivity index (χ0v) is 11.7. The molecule has 2 aromatic rings. The van der Waals surface area contributed by atoms with Gasteiger partial charge in [-0.25, -0.2) is 4.39 Å². The van der Waals surface area contributed by atoms with E-state index in [0.717, 1.165) is 12.0 Å². The molecule has 0 aromatic heterocycles. The van der Waals surface area contributed by atoms with E-state index in [1.54, 1.807) is 6.07 Å². The third kappa shape index (κ3) is 3.23. The summed E-state index contributed by atoms with van der Waals surface area (Å²) in [6.07, 6.45) is 1.16. The van der Waals surface area contributed by atoms with E-state index in [1.807, 2.05) is 24.3 Å². The predicted molar refractivity (Wildman–Crippen MR) is 76.8 cm³/mol. The number of halogens is 1.